The Bertz CT molecular complexity index is 1310. The number of piperidine rings is 1. The predicted octanol–water partition coefficient (Wildman–Crippen LogP) is 5.67. The highest BCUT2D eigenvalue weighted by Gasteiger charge is 2.47. The van der Waals surface area contributed by atoms with Crippen molar-refractivity contribution < 1.29 is 28.7 Å². The lowest BCUT2D eigenvalue weighted by Crippen LogP contribution is -2.57. The van der Waals surface area contributed by atoms with Crippen LogP contribution >= 0.6 is 11.6 Å². The Morgan fingerprint density at radius 2 is 1.88 bits per heavy atom. The lowest BCUT2D eigenvalue weighted by atomic mass is 9.82. The standard InChI is InChI=1S/C30H35ClN4O6/c1-40-28(38)32-22-11-8-20(9-12-22)26(36)33-25(16-19-6-3-2-4-7-19)27(37)35-15-5-14-30(18-35)23-17-21(31)10-13-24(23)34-29(39)41-30/h8-13,17,19,25H,2-7,14-16,18H2,1H3,(H,32,38)(H,33,36)(H,34,39)/t25-,30-/m0/s1. The van der Waals surface area contributed by atoms with Gasteiger partial charge in [-0.05, 0) is 67.6 Å². The highest BCUT2D eigenvalue weighted by molar-refractivity contribution is 6.30. The number of hydrogen-bond donors (Lipinski definition) is 3. The minimum atomic E-state index is -1.02. The highest BCUT2D eigenvalue weighted by atomic mass is 35.5. The maximum absolute atomic E-state index is 14.1. The fourth-order valence-corrected chi connectivity index (χ4v) is 6.37. The van der Waals surface area contributed by atoms with Gasteiger partial charge in [0.05, 0.1) is 19.3 Å². The molecular formula is C30H35ClN4O6. The van der Waals surface area contributed by atoms with Crippen molar-refractivity contribution in [2.45, 2.75) is 63.0 Å². The molecule has 2 aromatic rings. The van der Waals surface area contributed by atoms with E-state index < -0.39 is 23.8 Å². The Morgan fingerprint density at radius 1 is 1.12 bits per heavy atom. The lowest BCUT2D eigenvalue weighted by molar-refractivity contribution is -0.141. The first kappa shape index (κ1) is 28.7. The number of carbonyl (C=O) groups is 4. The second-order valence-electron chi connectivity index (χ2n) is 11.0. The summed E-state index contributed by atoms with van der Waals surface area (Å²) in [6, 6.07) is 10.9. The van der Waals surface area contributed by atoms with Crippen molar-refractivity contribution in [1.82, 2.24) is 10.2 Å². The van der Waals surface area contributed by atoms with Crippen LogP contribution < -0.4 is 16.0 Å². The third-order valence-electron chi connectivity index (χ3n) is 8.24. The molecule has 2 aliphatic heterocycles. The molecule has 0 radical (unpaired) electrons. The molecule has 10 nitrogen and oxygen atoms in total. The van der Waals surface area contributed by atoms with Crippen molar-refractivity contribution in [2.75, 3.05) is 30.8 Å². The smallest absolute Gasteiger partial charge is 0.412 e. The zero-order chi connectivity index (χ0) is 29.0. The van der Waals surface area contributed by atoms with Crippen LogP contribution in [0, 0.1) is 5.92 Å². The van der Waals surface area contributed by atoms with E-state index in [0.29, 0.717) is 53.7 Å². The molecule has 4 amide bonds. The topological polar surface area (TPSA) is 126 Å². The van der Waals surface area contributed by atoms with E-state index >= 15 is 0 Å². The Morgan fingerprint density at radius 3 is 2.61 bits per heavy atom. The van der Waals surface area contributed by atoms with E-state index in [1.807, 2.05) is 0 Å². The highest BCUT2D eigenvalue weighted by Crippen LogP contribution is 2.43. The van der Waals surface area contributed by atoms with Gasteiger partial charge in [-0.15, -0.1) is 0 Å². The van der Waals surface area contributed by atoms with Crippen LogP contribution in [0.1, 0.15) is 67.3 Å². The fraction of sp³-hybridized carbons (Fsp3) is 0.467. The Balaban J connectivity index is 1.36. The normalized spacial score (nSPS) is 21.2. The van der Waals surface area contributed by atoms with Gasteiger partial charge in [0.1, 0.15) is 6.04 Å². The number of methoxy groups -OCH3 is 1. The Kier molecular flexibility index (Phi) is 8.68. The molecule has 3 N–H and O–H groups in total. The fourth-order valence-electron chi connectivity index (χ4n) is 6.20. The summed E-state index contributed by atoms with van der Waals surface area (Å²) in [6.45, 7) is 0.671. The van der Waals surface area contributed by atoms with E-state index in [4.69, 9.17) is 16.3 Å². The molecule has 218 valence electrons. The van der Waals surface area contributed by atoms with Crippen LogP contribution in [0.25, 0.3) is 0 Å². The number of ether oxygens (including phenoxy) is 2. The van der Waals surface area contributed by atoms with E-state index in [9.17, 15) is 19.2 Å². The summed E-state index contributed by atoms with van der Waals surface area (Å²) in [7, 11) is 1.27. The molecular weight excluding hydrogens is 548 g/mol. The molecule has 5 rings (SSSR count). The van der Waals surface area contributed by atoms with Gasteiger partial charge in [-0.2, -0.15) is 0 Å². The quantitative estimate of drug-likeness (QED) is 0.403. The van der Waals surface area contributed by atoms with Crippen molar-refractivity contribution in [3.63, 3.8) is 0 Å². The molecule has 0 aromatic heterocycles. The van der Waals surface area contributed by atoms with Gasteiger partial charge in [0, 0.05) is 28.4 Å². The number of anilines is 2. The molecule has 1 saturated carbocycles. The van der Waals surface area contributed by atoms with Crippen LogP contribution in [0.4, 0.5) is 21.0 Å². The van der Waals surface area contributed by atoms with Crippen molar-refractivity contribution in [3.8, 4) is 0 Å². The molecule has 0 bridgehead atoms. The lowest BCUT2D eigenvalue weighted by Gasteiger charge is -2.46. The number of halogens is 1. The van der Waals surface area contributed by atoms with Crippen molar-refractivity contribution in [3.05, 3.63) is 58.6 Å². The summed E-state index contributed by atoms with van der Waals surface area (Å²) in [4.78, 5) is 53.1. The minimum Gasteiger partial charge on any atom is -0.453 e. The zero-order valence-corrected chi connectivity index (χ0v) is 23.8. The number of fused-ring (bicyclic) bond motifs is 2. The molecule has 1 saturated heterocycles. The van der Waals surface area contributed by atoms with E-state index in [1.165, 1.54) is 13.5 Å². The van der Waals surface area contributed by atoms with E-state index in [0.717, 1.165) is 31.2 Å². The van der Waals surface area contributed by atoms with Crippen LogP contribution in [0.15, 0.2) is 42.5 Å². The second kappa shape index (κ2) is 12.4. The van der Waals surface area contributed by atoms with Gasteiger partial charge in [0.15, 0.2) is 5.60 Å². The number of amides is 4. The second-order valence-corrected chi connectivity index (χ2v) is 11.5. The number of likely N-dealkylation sites (tertiary alicyclic amines) is 1. The predicted molar refractivity (Wildman–Crippen MR) is 154 cm³/mol. The van der Waals surface area contributed by atoms with Crippen molar-refractivity contribution >= 4 is 47.0 Å². The molecule has 3 aliphatic rings. The monoisotopic (exact) mass is 582 g/mol. The number of benzene rings is 2. The Labute approximate surface area is 244 Å². The first-order valence-electron chi connectivity index (χ1n) is 14.1. The molecule has 2 fully saturated rings. The van der Waals surface area contributed by atoms with Gasteiger partial charge in [0.25, 0.3) is 5.91 Å². The molecule has 2 heterocycles. The Hall–Kier alpha value is -3.79. The first-order valence-corrected chi connectivity index (χ1v) is 14.5. The summed E-state index contributed by atoms with van der Waals surface area (Å²) in [5, 5.41) is 8.79. The number of nitrogens with zero attached hydrogens (tertiary/aromatic N) is 1. The summed E-state index contributed by atoms with van der Waals surface area (Å²) < 4.78 is 10.5. The van der Waals surface area contributed by atoms with E-state index in [-0.39, 0.29) is 18.4 Å². The number of rotatable bonds is 6. The third kappa shape index (κ3) is 6.59. The molecule has 1 aliphatic carbocycles. The first-order chi connectivity index (χ1) is 19.8. The van der Waals surface area contributed by atoms with Gasteiger partial charge in [-0.3, -0.25) is 20.2 Å². The SMILES string of the molecule is COC(=O)Nc1ccc(C(=O)N[C@@H](CC2CCCCC2)C(=O)N2CCC[C@@]3(C2)OC(=O)Nc2ccc(Cl)cc23)cc1. The van der Waals surface area contributed by atoms with Crippen LogP contribution in [0.3, 0.4) is 0 Å². The molecule has 0 unspecified atom stereocenters. The van der Waals surface area contributed by atoms with Crippen LogP contribution in [-0.4, -0.2) is 55.1 Å². The van der Waals surface area contributed by atoms with Gasteiger partial charge >= 0.3 is 12.2 Å². The van der Waals surface area contributed by atoms with Crippen LogP contribution in [0.5, 0.6) is 0 Å². The third-order valence-corrected chi connectivity index (χ3v) is 8.48. The summed E-state index contributed by atoms with van der Waals surface area (Å²) in [5.41, 5.74) is 1.21. The molecule has 11 heteroatoms. The summed E-state index contributed by atoms with van der Waals surface area (Å²) >= 11 is 6.31. The number of carbonyl (C=O) groups excluding carboxylic acids is 4. The van der Waals surface area contributed by atoms with E-state index in [1.54, 1.807) is 47.4 Å². The van der Waals surface area contributed by atoms with Crippen LogP contribution in [0.2, 0.25) is 5.02 Å². The van der Waals surface area contributed by atoms with Crippen molar-refractivity contribution in [2.24, 2.45) is 5.92 Å². The summed E-state index contributed by atoms with van der Waals surface area (Å²) in [5.74, 6) is -0.231. The average molecular weight is 583 g/mol. The molecule has 1 spiro atoms. The summed E-state index contributed by atoms with van der Waals surface area (Å²) in [6.07, 6.45) is 6.01. The van der Waals surface area contributed by atoms with Crippen molar-refractivity contribution in [1.29, 1.82) is 0 Å². The average Bonchev–Trinajstić information content (AvgIpc) is 2.97. The maximum atomic E-state index is 14.1. The zero-order valence-electron chi connectivity index (χ0n) is 23.0. The number of hydrogen-bond acceptors (Lipinski definition) is 6. The van der Waals surface area contributed by atoms with Crippen LogP contribution in [-0.2, 0) is 19.9 Å². The van der Waals surface area contributed by atoms with Gasteiger partial charge < -0.3 is 19.7 Å². The molecule has 2 aromatic carbocycles. The maximum Gasteiger partial charge on any atom is 0.412 e. The molecule has 2 atom stereocenters. The van der Waals surface area contributed by atoms with Gasteiger partial charge in [-0.1, -0.05) is 43.7 Å². The van der Waals surface area contributed by atoms with E-state index in [2.05, 4.69) is 20.7 Å². The largest absolute Gasteiger partial charge is 0.453 e. The van der Waals surface area contributed by atoms with Gasteiger partial charge in [0.2, 0.25) is 5.91 Å². The van der Waals surface area contributed by atoms with Gasteiger partial charge in [-0.25, -0.2) is 9.59 Å². The number of nitrogens with one attached hydrogen (secondary N) is 3. The molecule has 41 heavy (non-hydrogen) atoms. The minimum absolute atomic E-state index is 0.178.